The molecule has 2 amide bonds. The normalized spacial score (nSPS) is 19.3. The van der Waals surface area contributed by atoms with Crippen molar-refractivity contribution >= 4 is 45.0 Å². The lowest BCUT2D eigenvalue weighted by molar-refractivity contribution is -0.438. The molecular formula is C38H44N3O7S+. The number of para-hydroxylation sites is 2. The highest BCUT2D eigenvalue weighted by atomic mass is 32.2. The number of nitrogens with zero attached hydrogens (tertiary/aromatic N) is 3. The van der Waals surface area contributed by atoms with E-state index in [0.29, 0.717) is 31.0 Å². The number of anilines is 1. The van der Waals surface area contributed by atoms with Crippen LogP contribution in [0.3, 0.4) is 0 Å². The highest BCUT2D eigenvalue weighted by molar-refractivity contribution is 7.85. The third-order valence-electron chi connectivity index (χ3n) is 9.32. The average molecular weight is 687 g/mol. The number of carbonyl (C=O) groups excluding carboxylic acids is 3. The zero-order valence-corrected chi connectivity index (χ0v) is 29.3. The largest absolute Gasteiger partial charge is 0.343 e. The van der Waals surface area contributed by atoms with Crippen molar-refractivity contribution in [1.82, 2.24) is 5.06 Å². The van der Waals surface area contributed by atoms with Gasteiger partial charge in [-0.3, -0.25) is 14.1 Å². The van der Waals surface area contributed by atoms with Crippen LogP contribution in [0.5, 0.6) is 0 Å². The summed E-state index contributed by atoms with van der Waals surface area (Å²) in [6.45, 7) is 9.58. The van der Waals surface area contributed by atoms with E-state index < -0.39 is 27.9 Å². The zero-order valence-electron chi connectivity index (χ0n) is 28.5. The van der Waals surface area contributed by atoms with Gasteiger partial charge in [0, 0.05) is 60.3 Å². The molecule has 11 heteroatoms. The summed E-state index contributed by atoms with van der Waals surface area (Å²) < 4.78 is 33.8. The van der Waals surface area contributed by atoms with Crippen molar-refractivity contribution < 1.29 is 36.8 Å². The van der Waals surface area contributed by atoms with E-state index in [9.17, 15) is 22.8 Å². The summed E-state index contributed by atoms with van der Waals surface area (Å²) in [6, 6.07) is 16.3. The van der Waals surface area contributed by atoms with E-state index in [-0.39, 0.29) is 35.8 Å². The molecule has 2 aromatic rings. The van der Waals surface area contributed by atoms with Crippen molar-refractivity contribution in [2.75, 3.05) is 23.7 Å². The number of benzene rings is 2. The Balaban J connectivity index is 1.29. The Morgan fingerprint density at radius 2 is 1.51 bits per heavy atom. The first-order valence-corrected chi connectivity index (χ1v) is 18.2. The minimum atomic E-state index is -3.99. The smallest absolute Gasteiger partial charge is 0.335 e. The van der Waals surface area contributed by atoms with Crippen molar-refractivity contribution in [3.8, 4) is 0 Å². The molecule has 1 saturated heterocycles. The molecule has 0 aliphatic carbocycles. The number of imide groups is 1. The van der Waals surface area contributed by atoms with Gasteiger partial charge in [0.25, 0.3) is 21.9 Å². The predicted molar refractivity (Wildman–Crippen MR) is 189 cm³/mol. The van der Waals surface area contributed by atoms with Gasteiger partial charge in [-0.25, -0.2) is 4.79 Å². The Kier molecular flexibility index (Phi) is 10.5. The molecule has 10 nitrogen and oxygen atoms in total. The van der Waals surface area contributed by atoms with Crippen LogP contribution >= 0.6 is 0 Å². The number of fused-ring (bicyclic) bond motifs is 2. The van der Waals surface area contributed by atoms with Gasteiger partial charge in [-0.1, -0.05) is 80.6 Å². The number of hydrogen-bond acceptors (Lipinski definition) is 7. The molecule has 0 unspecified atom stereocenters. The number of rotatable bonds is 13. The third kappa shape index (κ3) is 7.84. The molecule has 0 atom stereocenters. The molecule has 0 bridgehead atoms. The quantitative estimate of drug-likeness (QED) is 0.0885. The fraction of sp³-hybridized carbons (Fsp3) is 0.368. The number of amides is 2. The Labute approximate surface area is 288 Å². The van der Waals surface area contributed by atoms with Crippen LogP contribution < -0.4 is 4.90 Å². The van der Waals surface area contributed by atoms with Crippen LogP contribution in [0.2, 0.25) is 0 Å². The van der Waals surface area contributed by atoms with E-state index in [1.54, 1.807) is 0 Å². The van der Waals surface area contributed by atoms with E-state index in [2.05, 4.69) is 61.4 Å². The SMILES string of the molecule is CC1(C)C(/C=C/C=C/C=C/C=C2/N(CCC(=O)ON3C(=O)CCC3=O)c3ccccc3C2(C)C)=[N+](CCCCS(=O)(=O)O)c2ccccc21. The number of unbranched alkanes of at least 4 members (excludes halogenated alkanes) is 1. The fourth-order valence-electron chi connectivity index (χ4n) is 6.81. The van der Waals surface area contributed by atoms with Crippen LogP contribution in [-0.4, -0.2) is 64.9 Å². The summed E-state index contributed by atoms with van der Waals surface area (Å²) in [5, 5.41) is 0.584. The second-order valence-corrected chi connectivity index (χ2v) is 15.0. The summed E-state index contributed by atoms with van der Waals surface area (Å²) in [6.07, 6.45) is 15.0. The number of hydrogen-bond donors (Lipinski definition) is 1. The van der Waals surface area contributed by atoms with Crippen molar-refractivity contribution in [2.24, 2.45) is 0 Å². The van der Waals surface area contributed by atoms with Crippen molar-refractivity contribution in [3.05, 3.63) is 108 Å². The second-order valence-electron chi connectivity index (χ2n) is 13.4. The van der Waals surface area contributed by atoms with Crippen molar-refractivity contribution in [2.45, 2.75) is 70.6 Å². The molecule has 1 N–H and O–H groups in total. The first-order chi connectivity index (χ1) is 23.2. The minimum absolute atomic E-state index is 0.0101. The molecule has 3 aliphatic rings. The highest BCUT2D eigenvalue weighted by Gasteiger charge is 2.44. The molecule has 49 heavy (non-hydrogen) atoms. The first kappa shape index (κ1) is 35.7. The molecule has 0 spiro atoms. The number of carbonyl (C=O) groups is 3. The maximum atomic E-state index is 12.6. The summed E-state index contributed by atoms with van der Waals surface area (Å²) in [5.41, 5.74) is 5.96. The third-order valence-corrected chi connectivity index (χ3v) is 10.1. The molecular weight excluding hydrogens is 642 g/mol. The van der Waals surface area contributed by atoms with E-state index in [1.807, 2.05) is 66.8 Å². The molecule has 2 aromatic carbocycles. The summed E-state index contributed by atoms with van der Waals surface area (Å²) in [5.74, 6) is -1.89. The van der Waals surface area contributed by atoms with Gasteiger partial charge in [-0.2, -0.15) is 13.0 Å². The molecule has 3 heterocycles. The zero-order chi connectivity index (χ0) is 35.4. The Hall–Kier alpha value is -4.61. The molecule has 5 rings (SSSR count). The van der Waals surface area contributed by atoms with Crippen LogP contribution in [0.15, 0.2) is 96.8 Å². The molecule has 0 saturated carbocycles. The second kappa shape index (κ2) is 14.5. The van der Waals surface area contributed by atoms with Gasteiger partial charge in [0.05, 0.1) is 17.6 Å². The number of hydroxylamine groups is 2. The standard InChI is InChI=1S/C38H43N3O7S/c1-37(2)28-16-10-12-18-30(28)39(25-14-15-27-49(45,46)47)32(37)20-8-6-5-7-9-21-33-38(3,4)29-17-11-13-19-31(29)40(33)26-24-36(44)48-41-34(42)22-23-35(41)43/h5-13,16-21H,14-15,22-27H2,1-4H3/p+1. The van der Waals surface area contributed by atoms with Gasteiger partial charge >= 0.3 is 5.97 Å². The lowest BCUT2D eigenvalue weighted by Gasteiger charge is -2.27. The van der Waals surface area contributed by atoms with Crippen molar-refractivity contribution in [1.29, 1.82) is 0 Å². The highest BCUT2D eigenvalue weighted by Crippen LogP contribution is 2.47. The predicted octanol–water partition coefficient (Wildman–Crippen LogP) is 6.08. The Bertz CT molecular complexity index is 1880. The summed E-state index contributed by atoms with van der Waals surface area (Å²) >= 11 is 0. The molecule has 258 valence electrons. The lowest BCUT2D eigenvalue weighted by atomic mass is 9.81. The topological polar surface area (TPSA) is 124 Å². The van der Waals surface area contributed by atoms with Crippen molar-refractivity contribution in [3.63, 3.8) is 0 Å². The van der Waals surface area contributed by atoms with Gasteiger partial charge in [-0.15, -0.1) is 5.06 Å². The summed E-state index contributed by atoms with van der Waals surface area (Å²) in [7, 11) is -3.99. The van der Waals surface area contributed by atoms with Crippen LogP contribution in [0.4, 0.5) is 11.4 Å². The monoisotopic (exact) mass is 686 g/mol. The van der Waals surface area contributed by atoms with E-state index in [1.165, 1.54) is 5.56 Å². The van der Waals surface area contributed by atoms with Crippen LogP contribution in [0.25, 0.3) is 0 Å². The van der Waals surface area contributed by atoms with E-state index in [0.717, 1.165) is 28.3 Å². The van der Waals surface area contributed by atoms with E-state index in [4.69, 9.17) is 9.39 Å². The maximum Gasteiger partial charge on any atom is 0.335 e. The molecule has 1 fully saturated rings. The Morgan fingerprint density at radius 1 is 0.878 bits per heavy atom. The molecule has 3 aliphatic heterocycles. The van der Waals surface area contributed by atoms with Gasteiger partial charge in [0.2, 0.25) is 5.69 Å². The van der Waals surface area contributed by atoms with Crippen LogP contribution in [0, 0.1) is 0 Å². The van der Waals surface area contributed by atoms with Gasteiger partial charge < -0.3 is 9.74 Å². The van der Waals surface area contributed by atoms with Gasteiger partial charge in [0.15, 0.2) is 5.71 Å². The fourth-order valence-corrected chi connectivity index (χ4v) is 7.38. The molecule has 0 radical (unpaired) electrons. The van der Waals surface area contributed by atoms with Gasteiger partial charge in [0.1, 0.15) is 6.54 Å². The Morgan fingerprint density at radius 3 is 2.22 bits per heavy atom. The van der Waals surface area contributed by atoms with Crippen LogP contribution in [0.1, 0.15) is 70.9 Å². The maximum absolute atomic E-state index is 12.6. The number of allylic oxidation sites excluding steroid dienone is 8. The first-order valence-electron chi connectivity index (χ1n) is 16.6. The van der Waals surface area contributed by atoms with E-state index >= 15 is 0 Å². The molecule has 0 aromatic heterocycles. The summed E-state index contributed by atoms with van der Waals surface area (Å²) in [4.78, 5) is 43.6. The minimum Gasteiger partial charge on any atom is -0.343 e. The lowest BCUT2D eigenvalue weighted by Crippen LogP contribution is -2.34. The van der Waals surface area contributed by atoms with Gasteiger partial charge in [-0.05, 0) is 38.0 Å². The van der Waals surface area contributed by atoms with Crippen LogP contribution in [-0.2, 0) is 40.2 Å². The average Bonchev–Trinajstić information content (AvgIpc) is 3.56.